The van der Waals surface area contributed by atoms with Crippen LogP contribution < -0.4 is 15.8 Å². The Labute approximate surface area is 593 Å². The van der Waals surface area contributed by atoms with E-state index < -0.39 is 37.4 Å². The van der Waals surface area contributed by atoms with Crippen molar-refractivity contribution in [3.8, 4) is 43.7 Å². The largest absolute Gasteiger partial charge is 0.465 e. The fourth-order valence-electron chi connectivity index (χ4n) is 13.8. The van der Waals surface area contributed by atoms with Crippen molar-refractivity contribution in [2.75, 3.05) is 37.5 Å². The number of nitrogens with one attached hydrogen (secondary N) is 2. The van der Waals surface area contributed by atoms with Crippen molar-refractivity contribution >= 4 is 110 Å². The van der Waals surface area contributed by atoms with Crippen LogP contribution in [0.2, 0.25) is 0 Å². The predicted octanol–water partition coefficient (Wildman–Crippen LogP) is 15.7. The Hall–Kier alpha value is -9.06. The third-order valence-electron chi connectivity index (χ3n) is 18.2. The third kappa shape index (κ3) is 17.6. The van der Waals surface area contributed by atoms with Gasteiger partial charge in [0.2, 0.25) is 21.8 Å². The van der Waals surface area contributed by atoms with Gasteiger partial charge in [-0.1, -0.05) is 105 Å². The van der Waals surface area contributed by atoms with E-state index in [2.05, 4.69) is 105 Å². The molecule has 12 rings (SSSR count). The lowest BCUT2D eigenvalue weighted by Gasteiger charge is -2.24. The molecule has 0 unspecified atom stereocenters. The van der Waals surface area contributed by atoms with Gasteiger partial charge in [0, 0.05) is 45.7 Å². The molecular formula is C78H87N9O9S4. The van der Waals surface area contributed by atoms with Crippen LogP contribution in [0.15, 0.2) is 148 Å². The molecule has 0 spiro atoms. The highest BCUT2D eigenvalue weighted by molar-refractivity contribution is 7.92. The number of sulfone groups is 1. The molecule has 10 aromatic rings. The molecule has 0 bridgehead atoms. The van der Waals surface area contributed by atoms with Crippen LogP contribution in [0, 0.1) is 27.7 Å². The van der Waals surface area contributed by atoms with E-state index in [1.165, 1.54) is 56.1 Å². The number of Topliss-reactive ketones (excluding diaryl/α,β-unsaturated/α-hetero) is 1. The fraction of sp³-hybridized carbons (Fsp3) is 0.333. The molecule has 4 aromatic carbocycles. The van der Waals surface area contributed by atoms with Crippen LogP contribution in [0.4, 0.5) is 0 Å². The number of benzene rings is 4. The Balaban J connectivity index is 0.000000198. The van der Waals surface area contributed by atoms with Gasteiger partial charge in [-0.2, -0.15) is 0 Å². The quantitative estimate of drug-likeness (QED) is 0.0220. The van der Waals surface area contributed by atoms with Crippen LogP contribution >= 0.6 is 22.7 Å². The van der Waals surface area contributed by atoms with Gasteiger partial charge in [-0.05, 0) is 155 Å². The number of aromatic nitrogens is 6. The number of amides is 2. The van der Waals surface area contributed by atoms with Crippen LogP contribution in [-0.4, -0.2) is 107 Å². The molecule has 0 saturated heterocycles. The second-order valence-electron chi connectivity index (χ2n) is 25.6. The van der Waals surface area contributed by atoms with E-state index in [9.17, 15) is 36.0 Å². The summed E-state index contributed by atoms with van der Waals surface area (Å²) >= 11 is 3.30. The Morgan fingerprint density at radius 2 is 1.00 bits per heavy atom. The van der Waals surface area contributed by atoms with E-state index in [0.717, 1.165) is 147 Å². The van der Waals surface area contributed by atoms with Crippen molar-refractivity contribution in [3.63, 3.8) is 0 Å². The highest BCUT2D eigenvalue weighted by atomic mass is 32.2. The van der Waals surface area contributed by atoms with Crippen LogP contribution in [0.3, 0.4) is 0 Å². The van der Waals surface area contributed by atoms with Crippen molar-refractivity contribution in [3.05, 3.63) is 191 Å². The number of primary sulfonamides is 1. The van der Waals surface area contributed by atoms with E-state index in [-0.39, 0.29) is 42.3 Å². The van der Waals surface area contributed by atoms with Gasteiger partial charge < -0.3 is 24.5 Å². The standard InChI is InChI=1S/C39H42N4O4S2.C36H38N4O3S.C3H7NO2S/c1-5-7-19-40-36(45)23-43-34-22-29(35(44)24-49(46,47)20-6-2)13-16-31(34)37(27-11-9-8-10-12-27)38(43)30-15-17-32-28(21-30)14-18-33(42-32)39-25(3)41-26(4)48-39;1-5-6-18-37-32(41)21-40-31-20-27(36(42)43-4)12-15-28(31)33(24-10-8-7-9-11-24)34(40)26-14-16-29-25(19-26)13-17-30(39-29)35-22(2)38-23(3)44-35;1-2-3-7(4,5)6/h5-6,13-18,21-22,27H,1-2,7-12,19-20,23-24H2,3-4H3,(H,40,45);5,12-17,19-20,24H,1,6-11,18,21H2,2-4H3,(H,37,41);2H,1,3H2,(H2,4,5,6). The molecule has 2 amide bonds. The maximum absolute atomic E-state index is 13.5. The summed E-state index contributed by atoms with van der Waals surface area (Å²) in [6, 6.07) is 32.1. The normalized spacial score (nSPS) is 13.7. The molecule has 22 heteroatoms. The molecule has 2 fully saturated rings. The first kappa shape index (κ1) is 73.7. The van der Waals surface area contributed by atoms with Crippen molar-refractivity contribution in [1.82, 2.24) is 39.7 Å². The Kier molecular flexibility index (Phi) is 24.3. The first-order valence-electron chi connectivity index (χ1n) is 33.8. The van der Waals surface area contributed by atoms with Crippen molar-refractivity contribution in [2.24, 2.45) is 5.14 Å². The fourth-order valence-corrected chi connectivity index (χ4v) is 16.9. The van der Waals surface area contributed by atoms with Crippen LogP contribution in [0.25, 0.3) is 87.3 Å². The number of methoxy groups -OCH3 is 1. The van der Waals surface area contributed by atoms with E-state index >= 15 is 0 Å². The van der Waals surface area contributed by atoms with E-state index in [0.29, 0.717) is 43.0 Å². The van der Waals surface area contributed by atoms with Crippen LogP contribution in [0.5, 0.6) is 0 Å². The van der Waals surface area contributed by atoms with Gasteiger partial charge in [-0.15, -0.1) is 49.0 Å². The molecule has 522 valence electrons. The summed E-state index contributed by atoms with van der Waals surface area (Å²) in [5.41, 5.74) is 14.4. The van der Waals surface area contributed by atoms with Gasteiger partial charge >= 0.3 is 5.97 Å². The number of fused-ring (bicyclic) bond motifs is 4. The van der Waals surface area contributed by atoms with E-state index in [1.807, 2.05) is 68.7 Å². The Morgan fingerprint density at radius 1 is 0.560 bits per heavy atom. The summed E-state index contributed by atoms with van der Waals surface area (Å²) in [6.07, 6.45) is 18.8. The highest BCUT2D eigenvalue weighted by Gasteiger charge is 2.31. The molecular weight excluding hydrogens is 1340 g/mol. The molecule has 2 aliphatic rings. The minimum Gasteiger partial charge on any atom is -0.465 e. The smallest absolute Gasteiger partial charge is 0.337 e. The number of nitrogens with two attached hydrogens (primary N) is 1. The summed E-state index contributed by atoms with van der Waals surface area (Å²) < 4.78 is 54.1. The number of sulfonamides is 1. The molecule has 4 N–H and O–H groups in total. The lowest BCUT2D eigenvalue weighted by Crippen LogP contribution is -2.28. The second kappa shape index (κ2) is 33.0. The lowest BCUT2D eigenvalue weighted by atomic mass is 9.81. The summed E-state index contributed by atoms with van der Waals surface area (Å²) in [6.45, 7) is 23.5. The molecule has 2 saturated carbocycles. The molecule has 0 atom stereocenters. The monoisotopic (exact) mass is 1420 g/mol. The zero-order chi connectivity index (χ0) is 71.4. The van der Waals surface area contributed by atoms with E-state index in [1.54, 1.807) is 47.0 Å². The number of rotatable bonds is 24. The zero-order valence-electron chi connectivity index (χ0n) is 57.5. The summed E-state index contributed by atoms with van der Waals surface area (Å²) in [4.78, 5) is 74.0. The van der Waals surface area contributed by atoms with Gasteiger partial charge in [0.15, 0.2) is 15.6 Å². The first-order valence-corrected chi connectivity index (χ1v) is 39.0. The number of nitrogens with zero attached hydrogens (tertiary/aromatic N) is 6. The molecule has 6 heterocycles. The molecule has 2 aliphatic carbocycles. The average Bonchev–Trinajstić information content (AvgIpc) is 1.59. The molecule has 0 radical (unpaired) electrons. The number of ether oxygens (including phenoxy) is 1. The molecule has 6 aromatic heterocycles. The van der Waals surface area contributed by atoms with Crippen molar-refractivity contribution < 1.29 is 40.8 Å². The highest BCUT2D eigenvalue weighted by Crippen LogP contribution is 2.47. The molecule has 100 heavy (non-hydrogen) atoms. The maximum Gasteiger partial charge on any atom is 0.337 e. The van der Waals surface area contributed by atoms with Gasteiger partial charge in [0.05, 0.1) is 94.7 Å². The average molecular weight is 1420 g/mol. The first-order chi connectivity index (χ1) is 48.0. The number of carbonyl (C=O) groups is 4. The molecule has 18 nitrogen and oxygen atoms in total. The number of esters is 1. The number of ketones is 1. The van der Waals surface area contributed by atoms with E-state index in [4.69, 9.17) is 14.7 Å². The predicted molar refractivity (Wildman–Crippen MR) is 407 cm³/mol. The van der Waals surface area contributed by atoms with Gasteiger partial charge in [0.25, 0.3) is 0 Å². The van der Waals surface area contributed by atoms with Crippen molar-refractivity contribution in [2.45, 2.75) is 130 Å². The SMILES string of the molecule is C=CCCNC(=O)Cn1c(-c2ccc3nc(-c4sc(C)nc4C)ccc3c2)c(C2CCCCC2)c2ccc(C(=O)CS(=O)(=O)CC=C)cc21.C=CCCNC(=O)Cn1c(-c2ccc3nc(-c4sc(C)nc4C)ccc3c2)c(C2CCCCC2)c2ccc(C(=O)OC)cc21.C=CCS(N)(=O)=O. The number of carbonyl (C=O) groups excluding carboxylic acids is 4. The van der Waals surface area contributed by atoms with Gasteiger partial charge in [-0.3, -0.25) is 14.4 Å². The topological polar surface area (TPSA) is 257 Å². The number of hydrogen-bond donors (Lipinski definition) is 3. The van der Waals surface area contributed by atoms with Crippen molar-refractivity contribution in [1.29, 1.82) is 0 Å². The van der Waals surface area contributed by atoms with Gasteiger partial charge in [-0.25, -0.2) is 46.7 Å². The number of pyridine rings is 2. The number of hydrogen-bond acceptors (Lipinski definition) is 15. The third-order valence-corrected chi connectivity index (χ3v) is 22.5. The summed E-state index contributed by atoms with van der Waals surface area (Å²) in [5, 5.41) is 16.7. The summed E-state index contributed by atoms with van der Waals surface area (Å²) in [5.74, 6) is -1.47. The zero-order valence-corrected chi connectivity index (χ0v) is 60.8. The van der Waals surface area contributed by atoms with Crippen LogP contribution in [-0.2, 0) is 47.3 Å². The van der Waals surface area contributed by atoms with Gasteiger partial charge in [0.1, 0.15) is 18.8 Å². The molecule has 0 aliphatic heterocycles. The Morgan fingerprint density at radius 3 is 1.39 bits per heavy atom. The number of aryl methyl sites for hydroxylation is 4. The maximum atomic E-state index is 13.5. The van der Waals surface area contributed by atoms with Crippen LogP contribution in [0.1, 0.15) is 142 Å². The number of thiazole rings is 2. The second-order valence-corrected chi connectivity index (χ2v) is 31.7. The minimum atomic E-state index is -3.64. The minimum absolute atomic E-state index is 0.0430. The summed E-state index contributed by atoms with van der Waals surface area (Å²) in [7, 11) is -5.54. The Bertz CT molecular complexity index is 5010. The lowest BCUT2D eigenvalue weighted by molar-refractivity contribution is -0.122.